The largest absolute Gasteiger partial charge is 0.507 e. The number of fused-ring (bicyclic) bond motifs is 3. The Labute approximate surface area is 375 Å². The topological polar surface area (TPSA) is 63.8 Å². The minimum absolute atomic E-state index is 0.0511. The molecular weight excluding hydrogens is 781 g/mol. The summed E-state index contributed by atoms with van der Waals surface area (Å²) in [6, 6.07) is 61.3. The summed E-state index contributed by atoms with van der Waals surface area (Å²) < 4.78 is 2.37. The van der Waals surface area contributed by atoms with E-state index in [-0.39, 0.29) is 16.6 Å². The van der Waals surface area contributed by atoms with Gasteiger partial charge in [-0.1, -0.05) is 151 Å². The second-order valence-corrected chi connectivity index (χ2v) is 18.7. The SMILES string of the molecule is CC(C)(C)c1cc(-c2cc(-c3cccc(-c4ncccc4-c4cccc5c4c4ccccc4n5-c4ccccc4-c4ccccn4)c3)nc(-c3ccccc3O)c2)cc(C(C)(C)C)c1. The number of benzene rings is 6. The molecule has 0 saturated heterocycles. The summed E-state index contributed by atoms with van der Waals surface area (Å²) >= 11 is 0. The lowest BCUT2D eigenvalue weighted by atomic mass is 9.79. The number of hydrogen-bond acceptors (Lipinski definition) is 4. The minimum Gasteiger partial charge on any atom is -0.507 e. The summed E-state index contributed by atoms with van der Waals surface area (Å²) in [7, 11) is 0. The van der Waals surface area contributed by atoms with Crippen molar-refractivity contribution in [3.63, 3.8) is 0 Å². The maximum atomic E-state index is 11.1. The van der Waals surface area contributed by atoms with Gasteiger partial charge in [0.1, 0.15) is 5.75 Å². The average Bonchev–Trinajstić information content (AvgIpc) is 3.66. The van der Waals surface area contributed by atoms with Gasteiger partial charge in [-0.25, -0.2) is 4.98 Å². The highest BCUT2D eigenvalue weighted by Gasteiger charge is 2.23. The van der Waals surface area contributed by atoms with Crippen LogP contribution in [0.2, 0.25) is 0 Å². The molecule has 0 aliphatic carbocycles. The molecule has 0 radical (unpaired) electrons. The first-order valence-electron chi connectivity index (χ1n) is 22.0. The number of pyridine rings is 3. The number of phenols is 1. The molecule has 0 aliphatic heterocycles. The number of phenolic OH excluding ortho intramolecular Hbond substituents is 1. The van der Waals surface area contributed by atoms with Crippen LogP contribution in [-0.4, -0.2) is 24.6 Å². The molecule has 0 saturated carbocycles. The quantitative estimate of drug-likeness (QED) is 0.174. The maximum absolute atomic E-state index is 11.1. The molecule has 0 amide bonds. The van der Waals surface area contributed by atoms with Gasteiger partial charge in [0.15, 0.2) is 0 Å². The summed E-state index contributed by atoms with van der Waals surface area (Å²) in [5.74, 6) is 0.194. The molecule has 0 atom stereocenters. The number of nitrogens with zero attached hydrogens (tertiary/aromatic N) is 4. The van der Waals surface area contributed by atoms with E-state index in [1.807, 2.05) is 48.8 Å². The highest BCUT2D eigenvalue weighted by molar-refractivity contribution is 6.17. The monoisotopic (exact) mass is 830 g/mol. The van der Waals surface area contributed by atoms with Crippen molar-refractivity contribution in [2.75, 3.05) is 0 Å². The van der Waals surface area contributed by atoms with Crippen LogP contribution in [0, 0.1) is 0 Å². The molecule has 0 unspecified atom stereocenters. The number of rotatable bonds is 7. The van der Waals surface area contributed by atoms with Gasteiger partial charge in [0.05, 0.1) is 39.5 Å². The van der Waals surface area contributed by atoms with Crippen LogP contribution < -0.4 is 0 Å². The predicted octanol–water partition coefficient (Wildman–Crippen LogP) is 15.3. The lowest BCUT2D eigenvalue weighted by Gasteiger charge is -2.26. The van der Waals surface area contributed by atoms with Crippen molar-refractivity contribution < 1.29 is 5.11 Å². The lowest BCUT2D eigenvalue weighted by molar-refractivity contribution is 0.477. The molecular formula is C59H50N4O. The fraction of sp³-hybridized carbons (Fsp3) is 0.136. The molecule has 4 aromatic heterocycles. The molecule has 0 fully saturated rings. The van der Waals surface area contributed by atoms with Crippen molar-refractivity contribution in [2.24, 2.45) is 0 Å². The highest BCUT2D eigenvalue weighted by Crippen LogP contribution is 2.44. The number of hydrogen-bond donors (Lipinski definition) is 1. The van der Waals surface area contributed by atoms with Gasteiger partial charge in [-0.3, -0.25) is 9.97 Å². The van der Waals surface area contributed by atoms with Gasteiger partial charge in [-0.2, -0.15) is 0 Å². The Morgan fingerprint density at radius 2 is 1.03 bits per heavy atom. The minimum atomic E-state index is -0.0511. The number of para-hydroxylation sites is 3. The van der Waals surface area contributed by atoms with E-state index in [4.69, 9.17) is 15.0 Å². The fourth-order valence-electron chi connectivity index (χ4n) is 8.92. The summed E-state index contributed by atoms with van der Waals surface area (Å²) in [6.45, 7) is 13.6. The van der Waals surface area contributed by atoms with Crippen molar-refractivity contribution in [3.8, 4) is 78.7 Å². The van der Waals surface area contributed by atoms with Crippen LogP contribution in [0.4, 0.5) is 0 Å². The van der Waals surface area contributed by atoms with Crippen LogP contribution in [-0.2, 0) is 10.8 Å². The first-order valence-corrected chi connectivity index (χ1v) is 22.0. The third kappa shape index (κ3) is 7.43. The second-order valence-electron chi connectivity index (χ2n) is 18.7. The lowest BCUT2D eigenvalue weighted by Crippen LogP contribution is -2.16. The Bertz CT molecular complexity index is 3340. The Kier molecular flexibility index (Phi) is 10.1. The molecule has 5 nitrogen and oxygen atoms in total. The molecule has 312 valence electrons. The predicted molar refractivity (Wildman–Crippen MR) is 266 cm³/mol. The summed E-state index contributed by atoms with van der Waals surface area (Å²) in [5, 5.41) is 13.5. The van der Waals surface area contributed by atoms with Crippen LogP contribution in [0.3, 0.4) is 0 Å². The zero-order valence-corrected chi connectivity index (χ0v) is 37.1. The number of aromatic hydroxyl groups is 1. The van der Waals surface area contributed by atoms with E-state index < -0.39 is 0 Å². The van der Waals surface area contributed by atoms with E-state index in [0.29, 0.717) is 11.3 Å². The first-order chi connectivity index (χ1) is 30.9. The molecule has 10 aromatic rings. The van der Waals surface area contributed by atoms with Crippen LogP contribution in [0.25, 0.3) is 94.8 Å². The Morgan fingerprint density at radius 3 is 1.80 bits per heavy atom. The Balaban J connectivity index is 1.15. The second kappa shape index (κ2) is 15.9. The standard InChI is InChI=1S/C59H50N4O/c1-58(2,3)42-33-40(34-43(37-42)59(4,5)6)41-35-50(62-51(36-41)47-21-9-12-29-55(47)64)38-18-15-19-39(32-38)57-45(24-17-31-61-57)44-23-16-28-54-56(44)48-22-8-11-27-53(48)63(54)52-26-10-7-20-46(52)49-25-13-14-30-60-49/h7-37,64H,1-6H3. The van der Waals surface area contributed by atoms with Crippen LogP contribution in [0.1, 0.15) is 52.7 Å². The molecule has 0 aliphatic rings. The number of aromatic nitrogens is 4. The van der Waals surface area contributed by atoms with Crippen molar-refractivity contribution >= 4 is 21.8 Å². The van der Waals surface area contributed by atoms with E-state index in [1.54, 1.807) is 6.07 Å². The maximum Gasteiger partial charge on any atom is 0.124 e. The summed E-state index contributed by atoms with van der Waals surface area (Å²) in [4.78, 5) is 15.1. The third-order valence-corrected chi connectivity index (χ3v) is 12.3. The van der Waals surface area contributed by atoms with Crippen LogP contribution in [0.5, 0.6) is 5.75 Å². The van der Waals surface area contributed by atoms with Crippen LogP contribution in [0.15, 0.2) is 188 Å². The average molecular weight is 831 g/mol. The van der Waals surface area contributed by atoms with Crippen LogP contribution >= 0.6 is 0 Å². The fourth-order valence-corrected chi connectivity index (χ4v) is 8.92. The first kappa shape index (κ1) is 40.4. The van der Waals surface area contributed by atoms with Gasteiger partial charge in [0.2, 0.25) is 0 Å². The third-order valence-electron chi connectivity index (χ3n) is 12.3. The smallest absolute Gasteiger partial charge is 0.124 e. The summed E-state index contributed by atoms with van der Waals surface area (Å²) in [6.07, 6.45) is 3.73. The zero-order valence-electron chi connectivity index (χ0n) is 37.1. The molecule has 1 N–H and O–H groups in total. The van der Waals surface area contributed by atoms with Gasteiger partial charge < -0.3 is 9.67 Å². The summed E-state index contributed by atoms with van der Waals surface area (Å²) in [5.41, 5.74) is 17.1. The van der Waals surface area contributed by atoms with Gasteiger partial charge in [-0.05, 0) is 105 Å². The molecule has 5 heteroatoms. The molecule has 10 rings (SSSR count). The molecule has 64 heavy (non-hydrogen) atoms. The molecule has 4 heterocycles. The van der Waals surface area contributed by atoms with Crippen molar-refractivity contribution in [2.45, 2.75) is 52.4 Å². The molecule has 0 spiro atoms. The van der Waals surface area contributed by atoms with Crippen molar-refractivity contribution in [1.29, 1.82) is 0 Å². The Morgan fingerprint density at radius 1 is 0.422 bits per heavy atom. The van der Waals surface area contributed by atoms with Gasteiger partial charge in [-0.15, -0.1) is 0 Å². The van der Waals surface area contributed by atoms with Gasteiger partial charge in [0.25, 0.3) is 0 Å². The van der Waals surface area contributed by atoms with E-state index in [2.05, 4.69) is 180 Å². The van der Waals surface area contributed by atoms with Crippen molar-refractivity contribution in [3.05, 3.63) is 199 Å². The van der Waals surface area contributed by atoms with E-state index in [0.717, 1.165) is 83.5 Å². The molecule has 0 bridgehead atoms. The molecule has 6 aromatic carbocycles. The van der Waals surface area contributed by atoms with E-state index in [9.17, 15) is 5.11 Å². The normalized spacial score (nSPS) is 12.0. The van der Waals surface area contributed by atoms with E-state index in [1.165, 1.54) is 11.1 Å². The Hall–Kier alpha value is -7.63. The van der Waals surface area contributed by atoms with Gasteiger partial charge >= 0.3 is 0 Å². The van der Waals surface area contributed by atoms with E-state index >= 15 is 0 Å². The zero-order chi connectivity index (χ0) is 44.2. The van der Waals surface area contributed by atoms with Crippen molar-refractivity contribution in [1.82, 2.24) is 19.5 Å². The highest BCUT2D eigenvalue weighted by atomic mass is 16.3. The van der Waals surface area contributed by atoms with Gasteiger partial charge in [0, 0.05) is 51.0 Å².